The van der Waals surface area contributed by atoms with E-state index in [1.54, 1.807) is 0 Å². The zero-order valence-corrected chi connectivity index (χ0v) is 10.4. The Morgan fingerprint density at radius 2 is 2.12 bits per heavy atom. The van der Waals surface area contributed by atoms with Gasteiger partial charge in [0.05, 0.1) is 12.7 Å². The van der Waals surface area contributed by atoms with E-state index >= 15 is 0 Å². The van der Waals surface area contributed by atoms with E-state index in [0.717, 1.165) is 18.7 Å². The largest absolute Gasteiger partial charge is 0.377 e. The minimum atomic E-state index is 0.295. The van der Waals surface area contributed by atoms with Crippen molar-refractivity contribution in [1.82, 2.24) is 0 Å². The first kappa shape index (κ1) is 13.0. The highest BCUT2D eigenvalue weighted by Gasteiger charge is 2.02. The van der Waals surface area contributed by atoms with E-state index in [0.29, 0.717) is 12.6 Å². The van der Waals surface area contributed by atoms with Gasteiger partial charge in [0.15, 0.2) is 0 Å². The molecule has 0 radical (unpaired) electrons. The summed E-state index contributed by atoms with van der Waals surface area (Å²) < 4.78 is 5.52. The predicted molar refractivity (Wildman–Crippen MR) is 68.7 cm³/mol. The number of likely N-dealkylation sites (N-methyl/N-ethyl adjacent to an activating group) is 1. The van der Waals surface area contributed by atoms with Gasteiger partial charge in [0.2, 0.25) is 0 Å². The molecule has 0 bridgehead atoms. The Hall–Kier alpha value is -1.06. The van der Waals surface area contributed by atoms with E-state index in [4.69, 9.17) is 10.5 Å². The molecule has 0 aromatic heterocycles. The molecule has 0 fully saturated rings. The van der Waals surface area contributed by atoms with Crippen LogP contribution in [0.5, 0.6) is 0 Å². The van der Waals surface area contributed by atoms with Crippen LogP contribution in [-0.2, 0) is 11.3 Å². The van der Waals surface area contributed by atoms with Gasteiger partial charge in [-0.15, -0.1) is 0 Å². The zero-order valence-electron chi connectivity index (χ0n) is 10.4. The van der Waals surface area contributed by atoms with Crippen LogP contribution in [-0.4, -0.2) is 26.3 Å². The highest BCUT2D eigenvalue weighted by Crippen LogP contribution is 2.14. The first-order valence-corrected chi connectivity index (χ1v) is 5.75. The van der Waals surface area contributed by atoms with E-state index < -0.39 is 0 Å². The molecule has 1 aromatic rings. The first-order valence-electron chi connectivity index (χ1n) is 5.75. The summed E-state index contributed by atoms with van der Waals surface area (Å²) in [6, 6.07) is 8.29. The second-order valence-corrected chi connectivity index (χ2v) is 4.22. The monoisotopic (exact) mass is 222 g/mol. The van der Waals surface area contributed by atoms with Crippen LogP contribution in [0.1, 0.15) is 19.4 Å². The van der Waals surface area contributed by atoms with Crippen molar-refractivity contribution in [2.45, 2.75) is 26.5 Å². The molecule has 0 unspecified atom stereocenters. The van der Waals surface area contributed by atoms with E-state index in [2.05, 4.69) is 37.9 Å². The summed E-state index contributed by atoms with van der Waals surface area (Å²) in [7, 11) is 2.07. The number of rotatable bonds is 6. The van der Waals surface area contributed by atoms with Gasteiger partial charge in [0.1, 0.15) is 0 Å². The predicted octanol–water partition coefficient (Wildman–Crippen LogP) is 2.01. The zero-order chi connectivity index (χ0) is 12.0. The lowest BCUT2D eigenvalue weighted by atomic mass is 10.2. The maximum absolute atomic E-state index is 5.62. The molecule has 3 heteroatoms. The third-order valence-corrected chi connectivity index (χ3v) is 2.46. The van der Waals surface area contributed by atoms with Gasteiger partial charge >= 0.3 is 0 Å². The average molecular weight is 222 g/mol. The van der Waals surface area contributed by atoms with Gasteiger partial charge in [0.25, 0.3) is 0 Å². The van der Waals surface area contributed by atoms with Crippen molar-refractivity contribution in [2.75, 3.05) is 25.1 Å². The summed E-state index contributed by atoms with van der Waals surface area (Å²) in [5.74, 6) is 0. The van der Waals surface area contributed by atoms with Gasteiger partial charge in [-0.3, -0.25) is 0 Å². The summed E-state index contributed by atoms with van der Waals surface area (Å²) in [6.45, 7) is 6.33. The lowest BCUT2D eigenvalue weighted by Crippen LogP contribution is -2.24. The highest BCUT2D eigenvalue weighted by atomic mass is 16.5. The normalized spacial score (nSPS) is 10.8. The van der Waals surface area contributed by atoms with Crippen molar-refractivity contribution >= 4 is 5.69 Å². The molecule has 0 heterocycles. The second kappa shape index (κ2) is 6.51. The fourth-order valence-electron chi connectivity index (χ4n) is 1.48. The van der Waals surface area contributed by atoms with Crippen molar-refractivity contribution in [3.05, 3.63) is 29.8 Å². The Kier molecular flexibility index (Phi) is 5.29. The van der Waals surface area contributed by atoms with Crippen LogP contribution in [0.4, 0.5) is 5.69 Å². The SMILES string of the molecule is CC(C)OCCN(C)c1cccc(CN)c1. The molecule has 3 nitrogen and oxygen atoms in total. The summed E-state index contributed by atoms with van der Waals surface area (Å²) in [5, 5.41) is 0. The Morgan fingerprint density at radius 1 is 1.38 bits per heavy atom. The van der Waals surface area contributed by atoms with Crippen LogP contribution in [0.2, 0.25) is 0 Å². The molecule has 0 saturated carbocycles. The molecule has 2 N–H and O–H groups in total. The fraction of sp³-hybridized carbons (Fsp3) is 0.538. The summed E-state index contributed by atoms with van der Waals surface area (Å²) in [4.78, 5) is 2.18. The maximum atomic E-state index is 5.62. The third-order valence-electron chi connectivity index (χ3n) is 2.46. The minimum absolute atomic E-state index is 0.295. The van der Waals surface area contributed by atoms with Gasteiger partial charge in [-0.1, -0.05) is 12.1 Å². The molecule has 0 aliphatic carbocycles. The molecule has 0 aliphatic rings. The van der Waals surface area contributed by atoms with Crippen molar-refractivity contribution in [3.63, 3.8) is 0 Å². The Bertz CT molecular complexity index is 313. The van der Waals surface area contributed by atoms with Gasteiger partial charge < -0.3 is 15.4 Å². The number of hydrogen-bond acceptors (Lipinski definition) is 3. The molecular formula is C13H22N2O. The molecule has 1 aromatic carbocycles. The van der Waals surface area contributed by atoms with Gasteiger partial charge in [-0.25, -0.2) is 0 Å². The molecule has 1 rings (SSSR count). The van der Waals surface area contributed by atoms with Crippen LogP contribution < -0.4 is 10.6 Å². The first-order chi connectivity index (χ1) is 7.63. The van der Waals surface area contributed by atoms with Gasteiger partial charge in [0, 0.05) is 25.8 Å². The van der Waals surface area contributed by atoms with E-state index in [1.165, 1.54) is 5.69 Å². The number of anilines is 1. The molecule has 90 valence electrons. The van der Waals surface area contributed by atoms with Crippen LogP contribution in [0.25, 0.3) is 0 Å². The van der Waals surface area contributed by atoms with Crippen LogP contribution in [0, 0.1) is 0 Å². The van der Waals surface area contributed by atoms with Crippen LogP contribution in [0.15, 0.2) is 24.3 Å². The smallest absolute Gasteiger partial charge is 0.0644 e. The Labute approximate surface area is 98.2 Å². The molecule has 0 amide bonds. The van der Waals surface area contributed by atoms with E-state index in [-0.39, 0.29) is 0 Å². The van der Waals surface area contributed by atoms with Crippen molar-refractivity contribution in [3.8, 4) is 0 Å². The molecule has 0 atom stereocenters. The minimum Gasteiger partial charge on any atom is -0.377 e. The van der Waals surface area contributed by atoms with Crippen molar-refractivity contribution in [1.29, 1.82) is 0 Å². The quantitative estimate of drug-likeness (QED) is 0.800. The standard InChI is InChI=1S/C13H22N2O/c1-11(2)16-8-7-15(3)13-6-4-5-12(9-13)10-14/h4-6,9,11H,7-8,10,14H2,1-3H3. The molecule has 16 heavy (non-hydrogen) atoms. The van der Waals surface area contributed by atoms with Crippen molar-refractivity contribution in [2.24, 2.45) is 5.73 Å². The third kappa shape index (κ3) is 4.21. The van der Waals surface area contributed by atoms with Gasteiger partial charge in [-0.2, -0.15) is 0 Å². The van der Waals surface area contributed by atoms with E-state index in [1.807, 2.05) is 12.1 Å². The number of nitrogens with zero attached hydrogens (tertiary/aromatic N) is 1. The fourth-order valence-corrected chi connectivity index (χ4v) is 1.48. The molecule has 0 aliphatic heterocycles. The Morgan fingerprint density at radius 3 is 2.75 bits per heavy atom. The summed E-state index contributed by atoms with van der Waals surface area (Å²) >= 11 is 0. The molecule has 0 spiro atoms. The topological polar surface area (TPSA) is 38.5 Å². The summed E-state index contributed by atoms with van der Waals surface area (Å²) in [6.07, 6.45) is 0.295. The van der Waals surface area contributed by atoms with Crippen molar-refractivity contribution < 1.29 is 4.74 Å². The number of ether oxygens (including phenoxy) is 1. The Balaban J connectivity index is 2.48. The average Bonchev–Trinajstić information content (AvgIpc) is 2.28. The number of benzene rings is 1. The second-order valence-electron chi connectivity index (χ2n) is 4.22. The maximum Gasteiger partial charge on any atom is 0.0644 e. The lowest BCUT2D eigenvalue weighted by Gasteiger charge is -2.20. The highest BCUT2D eigenvalue weighted by molar-refractivity contribution is 5.47. The van der Waals surface area contributed by atoms with Crippen LogP contribution in [0.3, 0.4) is 0 Å². The van der Waals surface area contributed by atoms with Crippen LogP contribution >= 0.6 is 0 Å². The van der Waals surface area contributed by atoms with Gasteiger partial charge in [-0.05, 0) is 31.5 Å². The number of hydrogen-bond donors (Lipinski definition) is 1. The van der Waals surface area contributed by atoms with E-state index in [9.17, 15) is 0 Å². The summed E-state index contributed by atoms with van der Waals surface area (Å²) in [5.41, 5.74) is 7.97. The number of nitrogens with two attached hydrogens (primary N) is 1. The lowest BCUT2D eigenvalue weighted by molar-refractivity contribution is 0.0846. The molecular weight excluding hydrogens is 200 g/mol. The molecule has 0 saturated heterocycles.